The van der Waals surface area contributed by atoms with Gasteiger partial charge in [0.15, 0.2) is 11.3 Å². The fraction of sp³-hybridized carbons (Fsp3) is 0.350. The molecule has 0 bridgehead atoms. The van der Waals surface area contributed by atoms with Gasteiger partial charge < -0.3 is 4.98 Å². The summed E-state index contributed by atoms with van der Waals surface area (Å²) in [5.41, 5.74) is 4.24. The van der Waals surface area contributed by atoms with Gasteiger partial charge >= 0.3 is 5.69 Å². The van der Waals surface area contributed by atoms with E-state index >= 15 is 0 Å². The molecular formula is C20H21N5O. The second-order valence-electron chi connectivity index (χ2n) is 7.19. The van der Waals surface area contributed by atoms with E-state index in [1.807, 2.05) is 29.0 Å². The molecule has 6 nitrogen and oxygen atoms in total. The molecule has 0 saturated heterocycles. The highest BCUT2D eigenvalue weighted by Gasteiger charge is 2.23. The van der Waals surface area contributed by atoms with Crippen molar-refractivity contribution in [3.05, 3.63) is 47.1 Å². The number of H-pyrrole nitrogens is 1. The molecule has 0 aliphatic heterocycles. The highest BCUT2D eigenvalue weighted by Crippen LogP contribution is 2.30. The molecule has 0 radical (unpaired) electrons. The van der Waals surface area contributed by atoms with Crippen molar-refractivity contribution in [1.82, 2.24) is 24.1 Å². The Morgan fingerprint density at radius 2 is 1.96 bits per heavy atom. The second kappa shape index (κ2) is 5.83. The number of aromatic amines is 1. The van der Waals surface area contributed by atoms with Gasteiger partial charge in [-0.05, 0) is 31.0 Å². The quantitative estimate of drug-likeness (QED) is 0.600. The minimum atomic E-state index is -0.00913. The maximum Gasteiger partial charge on any atom is 0.331 e. The third-order valence-corrected chi connectivity index (χ3v) is 5.56. The zero-order chi connectivity index (χ0) is 17.7. The van der Waals surface area contributed by atoms with Crippen molar-refractivity contribution in [2.24, 2.45) is 7.05 Å². The fourth-order valence-electron chi connectivity index (χ4n) is 4.13. The summed E-state index contributed by atoms with van der Waals surface area (Å²) in [6.45, 7) is 0. The SMILES string of the molecule is Cn1c(=O)n(C2CCCCC2)c2ncc(-c3ccc4[nH]ccc4c3)nc21. The number of imidazole rings is 1. The van der Waals surface area contributed by atoms with Crippen molar-refractivity contribution in [1.29, 1.82) is 0 Å². The van der Waals surface area contributed by atoms with Crippen LogP contribution in [0.3, 0.4) is 0 Å². The van der Waals surface area contributed by atoms with Crippen LogP contribution >= 0.6 is 0 Å². The molecule has 1 saturated carbocycles. The van der Waals surface area contributed by atoms with Crippen LogP contribution < -0.4 is 5.69 Å². The van der Waals surface area contributed by atoms with Crippen molar-refractivity contribution >= 4 is 22.2 Å². The number of hydrogen-bond acceptors (Lipinski definition) is 3. The molecular weight excluding hydrogens is 326 g/mol. The first-order valence-corrected chi connectivity index (χ1v) is 9.24. The summed E-state index contributed by atoms with van der Waals surface area (Å²) in [4.78, 5) is 25.5. The van der Waals surface area contributed by atoms with Crippen LogP contribution in [0.4, 0.5) is 0 Å². The molecule has 4 aromatic rings. The summed E-state index contributed by atoms with van der Waals surface area (Å²) in [5.74, 6) is 0. The number of aromatic nitrogens is 5. The van der Waals surface area contributed by atoms with Gasteiger partial charge in [-0.1, -0.05) is 25.3 Å². The van der Waals surface area contributed by atoms with Gasteiger partial charge in [-0.3, -0.25) is 9.13 Å². The average molecular weight is 347 g/mol. The third kappa shape index (κ3) is 2.29. The number of nitrogens with one attached hydrogen (secondary N) is 1. The maximum atomic E-state index is 12.8. The molecule has 1 fully saturated rings. The van der Waals surface area contributed by atoms with E-state index in [2.05, 4.69) is 16.0 Å². The lowest BCUT2D eigenvalue weighted by Crippen LogP contribution is -2.27. The molecule has 0 unspecified atom stereocenters. The van der Waals surface area contributed by atoms with Crippen molar-refractivity contribution in [2.75, 3.05) is 0 Å². The van der Waals surface area contributed by atoms with Gasteiger partial charge in [0, 0.05) is 35.8 Å². The lowest BCUT2D eigenvalue weighted by atomic mass is 9.95. The van der Waals surface area contributed by atoms with Crippen molar-refractivity contribution in [3.63, 3.8) is 0 Å². The van der Waals surface area contributed by atoms with Gasteiger partial charge in [-0.25, -0.2) is 14.8 Å². The topological polar surface area (TPSA) is 68.5 Å². The van der Waals surface area contributed by atoms with Gasteiger partial charge in [0.25, 0.3) is 0 Å². The molecule has 1 aliphatic carbocycles. The van der Waals surface area contributed by atoms with E-state index in [0.29, 0.717) is 11.3 Å². The van der Waals surface area contributed by atoms with Crippen LogP contribution in [0, 0.1) is 0 Å². The maximum absolute atomic E-state index is 12.8. The average Bonchev–Trinajstić information content (AvgIpc) is 3.25. The zero-order valence-corrected chi connectivity index (χ0v) is 14.8. The zero-order valence-electron chi connectivity index (χ0n) is 14.8. The first kappa shape index (κ1) is 15.4. The Bertz CT molecular complexity index is 1160. The van der Waals surface area contributed by atoms with E-state index in [1.165, 1.54) is 19.3 Å². The van der Waals surface area contributed by atoms with Crippen molar-refractivity contribution < 1.29 is 0 Å². The molecule has 1 aromatic carbocycles. The molecule has 3 aromatic heterocycles. The molecule has 0 spiro atoms. The number of rotatable bonds is 2. The van der Waals surface area contributed by atoms with E-state index in [0.717, 1.165) is 35.0 Å². The van der Waals surface area contributed by atoms with Crippen molar-refractivity contribution in [2.45, 2.75) is 38.1 Å². The Kier molecular flexibility index (Phi) is 3.45. The second-order valence-corrected chi connectivity index (χ2v) is 7.19. The summed E-state index contributed by atoms with van der Waals surface area (Å²) in [6, 6.07) is 8.46. The number of nitrogens with zero attached hydrogens (tertiary/aromatic N) is 4. The first-order valence-electron chi connectivity index (χ1n) is 9.24. The number of hydrogen-bond donors (Lipinski definition) is 1. The fourth-order valence-corrected chi connectivity index (χ4v) is 4.13. The molecule has 6 heteroatoms. The smallest absolute Gasteiger partial charge is 0.331 e. The van der Waals surface area contributed by atoms with E-state index < -0.39 is 0 Å². The molecule has 132 valence electrons. The number of benzene rings is 1. The van der Waals surface area contributed by atoms with Crippen LogP contribution in [0.5, 0.6) is 0 Å². The lowest BCUT2D eigenvalue weighted by Gasteiger charge is -2.22. The van der Waals surface area contributed by atoms with E-state index in [-0.39, 0.29) is 11.7 Å². The highest BCUT2D eigenvalue weighted by molar-refractivity contribution is 5.85. The molecule has 5 rings (SSSR count). The van der Waals surface area contributed by atoms with E-state index in [9.17, 15) is 4.79 Å². The minimum Gasteiger partial charge on any atom is -0.361 e. The van der Waals surface area contributed by atoms with Crippen LogP contribution in [-0.2, 0) is 7.05 Å². The normalized spacial score (nSPS) is 15.9. The molecule has 26 heavy (non-hydrogen) atoms. The summed E-state index contributed by atoms with van der Waals surface area (Å²) < 4.78 is 3.50. The highest BCUT2D eigenvalue weighted by atomic mass is 16.1. The van der Waals surface area contributed by atoms with Gasteiger partial charge in [0.2, 0.25) is 0 Å². The summed E-state index contributed by atoms with van der Waals surface area (Å²) in [7, 11) is 1.79. The monoisotopic (exact) mass is 347 g/mol. The number of fused-ring (bicyclic) bond motifs is 2. The molecule has 1 aliphatic rings. The molecule has 3 heterocycles. The van der Waals surface area contributed by atoms with Crippen LogP contribution in [-0.4, -0.2) is 24.1 Å². The molecule has 0 atom stereocenters. The van der Waals surface area contributed by atoms with Gasteiger partial charge in [-0.15, -0.1) is 0 Å². The molecule has 0 amide bonds. The van der Waals surface area contributed by atoms with Gasteiger partial charge in [0.05, 0.1) is 11.9 Å². The Labute approximate surface area is 150 Å². The van der Waals surface area contributed by atoms with Crippen LogP contribution in [0.1, 0.15) is 38.1 Å². The van der Waals surface area contributed by atoms with E-state index in [4.69, 9.17) is 4.98 Å². The molecule has 1 N–H and O–H groups in total. The lowest BCUT2D eigenvalue weighted by molar-refractivity contribution is 0.350. The van der Waals surface area contributed by atoms with Crippen molar-refractivity contribution in [3.8, 4) is 11.3 Å². The Morgan fingerprint density at radius 3 is 2.81 bits per heavy atom. The Morgan fingerprint density at radius 1 is 1.12 bits per heavy atom. The van der Waals surface area contributed by atoms with E-state index in [1.54, 1.807) is 17.8 Å². The standard InChI is InChI=1S/C20H21N5O/c1-24-19-18(25(20(24)26)15-5-3-2-4-6-15)22-12-17(23-19)13-7-8-16-14(11-13)9-10-21-16/h7-12,15,21H,2-6H2,1H3. The predicted octanol–water partition coefficient (Wildman–Crippen LogP) is 3.78. The number of aryl methyl sites for hydroxylation is 1. The summed E-state index contributed by atoms with van der Waals surface area (Å²) >= 11 is 0. The van der Waals surface area contributed by atoms with Crippen LogP contribution in [0.2, 0.25) is 0 Å². The Balaban J connectivity index is 1.65. The van der Waals surface area contributed by atoms with Gasteiger partial charge in [-0.2, -0.15) is 0 Å². The first-order chi connectivity index (χ1) is 12.7. The van der Waals surface area contributed by atoms with Crippen LogP contribution in [0.15, 0.2) is 41.5 Å². The third-order valence-electron chi connectivity index (χ3n) is 5.56. The Hall–Kier alpha value is -2.89. The van der Waals surface area contributed by atoms with Gasteiger partial charge in [0.1, 0.15) is 0 Å². The minimum absolute atomic E-state index is 0.00913. The summed E-state index contributed by atoms with van der Waals surface area (Å²) in [5, 5.41) is 1.14. The summed E-state index contributed by atoms with van der Waals surface area (Å²) in [6.07, 6.45) is 9.42. The van der Waals surface area contributed by atoms with Crippen LogP contribution in [0.25, 0.3) is 33.5 Å². The largest absolute Gasteiger partial charge is 0.361 e. The predicted molar refractivity (Wildman–Crippen MR) is 102 cm³/mol.